The number of carbonyl (C=O) groups excluding carboxylic acids is 1. The molecule has 19 heavy (non-hydrogen) atoms. The van der Waals surface area contributed by atoms with Crippen molar-refractivity contribution in [2.45, 2.75) is 32.4 Å². The normalized spacial score (nSPS) is 17.6. The van der Waals surface area contributed by atoms with Crippen LogP contribution in [0.2, 0.25) is 0 Å². The van der Waals surface area contributed by atoms with Crippen LogP contribution in [0.5, 0.6) is 0 Å². The second-order valence-corrected chi connectivity index (χ2v) is 5.84. The summed E-state index contributed by atoms with van der Waals surface area (Å²) in [5, 5.41) is 0. The lowest BCUT2D eigenvalue weighted by molar-refractivity contribution is 0.0127. The molecule has 0 spiro atoms. The zero-order chi connectivity index (χ0) is 13.7. The zero-order valence-corrected chi connectivity index (χ0v) is 12.0. The summed E-state index contributed by atoms with van der Waals surface area (Å²) in [4.78, 5) is 15.7. The lowest BCUT2D eigenvalue weighted by atomic mass is 10.1. The van der Waals surface area contributed by atoms with Gasteiger partial charge in [-0.2, -0.15) is 0 Å². The number of carbonyl (C=O) groups is 1. The summed E-state index contributed by atoms with van der Waals surface area (Å²) in [6, 6.07) is 3.83. The van der Waals surface area contributed by atoms with E-state index < -0.39 is 0 Å². The Balaban J connectivity index is 1.82. The first-order valence-corrected chi connectivity index (χ1v) is 7.48. The van der Waals surface area contributed by atoms with E-state index in [1.54, 1.807) is 0 Å². The number of hydrazine groups is 1. The predicted octanol–water partition coefficient (Wildman–Crippen LogP) is 1.35. The van der Waals surface area contributed by atoms with Gasteiger partial charge in [-0.25, -0.2) is 5.84 Å². The lowest BCUT2D eigenvalue weighted by Gasteiger charge is -2.31. The molecule has 1 aliphatic heterocycles. The van der Waals surface area contributed by atoms with Crippen molar-refractivity contribution in [3.8, 4) is 0 Å². The smallest absolute Gasteiger partial charge is 0.275 e. The van der Waals surface area contributed by atoms with Gasteiger partial charge in [-0.3, -0.25) is 15.1 Å². The summed E-state index contributed by atoms with van der Waals surface area (Å²) in [5.41, 5.74) is 2.16. The van der Waals surface area contributed by atoms with E-state index in [0.717, 1.165) is 39.1 Å². The van der Waals surface area contributed by atoms with Crippen LogP contribution in [0.15, 0.2) is 12.1 Å². The quantitative estimate of drug-likeness (QED) is 0.486. The first-order chi connectivity index (χ1) is 9.22. The minimum atomic E-state index is -0.216. The third-order valence-electron chi connectivity index (χ3n) is 3.33. The third kappa shape index (κ3) is 4.01. The van der Waals surface area contributed by atoms with Gasteiger partial charge in [0.15, 0.2) is 0 Å². The van der Waals surface area contributed by atoms with Gasteiger partial charge in [0, 0.05) is 31.1 Å². The fraction of sp³-hybridized carbons (Fsp3) is 0.615. The number of hydrogen-bond donors (Lipinski definition) is 2. The van der Waals surface area contributed by atoms with Crippen molar-refractivity contribution in [3.63, 3.8) is 0 Å². The Bertz CT molecular complexity index is 414. The van der Waals surface area contributed by atoms with Gasteiger partial charge in [0.2, 0.25) is 0 Å². The highest BCUT2D eigenvalue weighted by Gasteiger charge is 2.20. The van der Waals surface area contributed by atoms with E-state index in [-0.39, 0.29) is 5.91 Å². The second kappa shape index (κ2) is 7.00. The first-order valence-electron chi connectivity index (χ1n) is 6.66. The van der Waals surface area contributed by atoms with E-state index in [1.807, 2.05) is 19.1 Å². The lowest BCUT2D eigenvalue weighted by Crippen LogP contribution is -2.36. The molecule has 1 saturated heterocycles. The number of rotatable bonds is 5. The Hall–Kier alpha value is -0.950. The van der Waals surface area contributed by atoms with Crippen molar-refractivity contribution in [2.24, 2.45) is 5.84 Å². The van der Waals surface area contributed by atoms with Crippen LogP contribution in [0, 0.1) is 0 Å². The van der Waals surface area contributed by atoms with Crippen molar-refractivity contribution in [2.75, 3.05) is 19.7 Å². The van der Waals surface area contributed by atoms with Crippen LogP contribution < -0.4 is 11.3 Å². The summed E-state index contributed by atoms with van der Waals surface area (Å²) < 4.78 is 5.64. The summed E-state index contributed by atoms with van der Waals surface area (Å²) in [6.45, 7) is 5.86. The van der Waals surface area contributed by atoms with Gasteiger partial charge in [0.1, 0.15) is 0 Å². The molecule has 0 atom stereocenters. The fourth-order valence-corrected chi connectivity index (χ4v) is 3.30. The van der Waals surface area contributed by atoms with Crippen molar-refractivity contribution < 1.29 is 9.53 Å². The SMILES string of the molecule is CCOC1CCN(Cc2ccc(C(=O)NN)s2)CC1. The van der Waals surface area contributed by atoms with Crippen molar-refractivity contribution in [3.05, 3.63) is 21.9 Å². The molecule has 106 valence electrons. The second-order valence-electron chi connectivity index (χ2n) is 4.67. The molecule has 2 rings (SSSR count). The van der Waals surface area contributed by atoms with Crippen LogP contribution in [0.25, 0.3) is 0 Å². The number of amides is 1. The van der Waals surface area contributed by atoms with Gasteiger partial charge in [-0.15, -0.1) is 11.3 Å². The Kier molecular flexibility index (Phi) is 5.33. The first kappa shape index (κ1) is 14.5. The highest BCUT2D eigenvalue weighted by molar-refractivity contribution is 7.14. The number of nitrogen functional groups attached to an aromatic ring is 1. The van der Waals surface area contributed by atoms with Crippen LogP contribution in [0.1, 0.15) is 34.3 Å². The van der Waals surface area contributed by atoms with Crippen molar-refractivity contribution in [1.82, 2.24) is 10.3 Å². The molecule has 3 N–H and O–H groups in total. The molecule has 6 heteroatoms. The summed E-state index contributed by atoms with van der Waals surface area (Å²) in [7, 11) is 0. The highest BCUT2D eigenvalue weighted by atomic mass is 32.1. The summed E-state index contributed by atoms with van der Waals surface area (Å²) in [5.74, 6) is 4.91. The molecule has 0 radical (unpaired) electrons. The maximum absolute atomic E-state index is 11.4. The number of nitrogens with zero attached hydrogens (tertiary/aromatic N) is 1. The molecule has 0 aromatic carbocycles. The van der Waals surface area contributed by atoms with Crippen LogP contribution >= 0.6 is 11.3 Å². The molecule has 1 aromatic rings. The average molecular weight is 283 g/mol. The maximum atomic E-state index is 11.4. The maximum Gasteiger partial charge on any atom is 0.275 e. The number of thiophene rings is 1. The number of piperidine rings is 1. The van der Waals surface area contributed by atoms with E-state index in [4.69, 9.17) is 10.6 Å². The molecule has 0 saturated carbocycles. The molecule has 1 fully saturated rings. The largest absolute Gasteiger partial charge is 0.378 e. The molecule has 0 aliphatic carbocycles. The minimum Gasteiger partial charge on any atom is -0.378 e. The third-order valence-corrected chi connectivity index (χ3v) is 4.40. The van der Waals surface area contributed by atoms with Gasteiger partial charge in [-0.1, -0.05) is 0 Å². The Morgan fingerprint density at radius 2 is 2.26 bits per heavy atom. The van der Waals surface area contributed by atoms with Gasteiger partial charge >= 0.3 is 0 Å². The number of nitrogens with two attached hydrogens (primary N) is 1. The standard InChI is InChI=1S/C13H21N3O2S/c1-2-18-10-5-7-16(8-6-10)9-11-3-4-12(19-11)13(17)15-14/h3-4,10H,2,5-9,14H2,1H3,(H,15,17). The van der Waals surface area contributed by atoms with Gasteiger partial charge in [0.25, 0.3) is 5.91 Å². The number of ether oxygens (including phenoxy) is 1. The number of likely N-dealkylation sites (tertiary alicyclic amines) is 1. The number of hydrogen-bond acceptors (Lipinski definition) is 5. The summed E-state index contributed by atoms with van der Waals surface area (Å²) >= 11 is 1.51. The topological polar surface area (TPSA) is 67.6 Å². The molecule has 5 nitrogen and oxygen atoms in total. The average Bonchev–Trinajstić information content (AvgIpc) is 2.89. The molecule has 1 aliphatic rings. The number of nitrogens with one attached hydrogen (secondary N) is 1. The van der Waals surface area contributed by atoms with Crippen molar-refractivity contribution in [1.29, 1.82) is 0 Å². The van der Waals surface area contributed by atoms with Gasteiger partial charge < -0.3 is 4.74 Å². The molecular weight excluding hydrogens is 262 g/mol. The van der Waals surface area contributed by atoms with Crippen LogP contribution in [-0.2, 0) is 11.3 Å². The van der Waals surface area contributed by atoms with E-state index in [9.17, 15) is 4.79 Å². The van der Waals surface area contributed by atoms with Crippen molar-refractivity contribution >= 4 is 17.2 Å². The minimum absolute atomic E-state index is 0.216. The molecule has 2 heterocycles. The van der Waals surface area contributed by atoms with E-state index in [1.165, 1.54) is 16.2 Å². The predicted molar refractivity (Wildman–Crippen MR) is 75.9 cm³/mol. The monoisotopic (exact) mass is 283 g/mol. The Morgan fingerprint density at radius 3 is 2.89 bits per heavy atom. The van der Waals surface area contributed by atoms with Crippen LogP contribution in [0.4, 0.5) is 0 Å². The van der Waals surface area contributed by atoms with E-state index >= 15 is 0 Å². The molecule has 0 unspecified atom stereocenters. The molecule has 1 amide bonds. The fourth-order valence-electron chi connectivity index (χ4n) is 2.35. The molecular formula is C13H21N3O2S. The molecule has 1 aromatic heterocycles. The molecule has 0 bridgehead atoms. The zero-order valence-electron chi connectivity index (χ0n) is 11.2. The highest BCUT2D eigenvalue weighted by Crippen LogP contribution is 2.21. The van der Waals surface area contributed by atoms with Gasteiger partial charge in [0.05, 0.1) is 11.0 Å². The van der Waals surface area contributed by atoms with Gasteiger partial charge in [-0.05, 0) is 31.9 Å². The van der Waals surface area contributed by atoms with Crippen LogP contribution in [0.3, 0.4) is 0 Å². The summed E-state index contributed by atoms with van der Waals surface area (Å²) in [6.07, 6.45) is 2.60. The van der Waals surface area contributed by atoms with E-state index in [2.05, 4.69) is 10.3 Å². The Morgan fingerprint density at radius 1 is 1.53 bits per heavy atom. The van der Waals surface area contributed by atoms with Crippen LogP contribution in [-0.4, -0.2) is 36.6 Å². The van der Waals surface area contributed by atoms with E-state index in [0.29, 0.717) is 11.0 Å². The Labute approximate surface area is 117 Å².